The fraction of sp³-hybridized carbons (Fsp3) is 0.211. The maximum absolute atomic E-state index is 12.6. The van der Waals surface area contributed by atoms with Crippen molar-refractivity contribution in [1.82, 2.24) is 15.0 Å². The average molecular weight is 371 g/mol. The molecule has 0 saturated heterocycles. The lowest BCUT2D eigenvalue weighted by atomic mass is 10.2. The van der Waals surface area contributed by atoms with E-state index in [2.05, 4.69) is 15.5 Å². The van der Waals surface area contributed by atoms with Crippen LogP contribution < -0.4 is 10.1 Å². The first-order valence-electron chi connectivity index (χ1n) is 8.30. The lowest BCUT2D eigenvalue weighted by molar-refractivity contribution is -0.122. The lowest BCUT2D eigenvalue weighted by Crippen LogP contribution is -2.32. The molecule has 1 aromatic heterocycles. The predicted octanol–water partition coefficient (Wildman–Crippen LogP) is 4.03. The zero-order chi connectivity index (χ0) is 18.5. The van der Waals surface area contributed by atoms with Gasteiger partial charge in [-0.1, -0.05) is 48.9 Å². The summed E-state index contributed by atoms with van der Waals surface area (Å²) in [6.45, 7) is 3.66. The van der Waals surface area contributed by atoms with Crippen molar-refractivity contribution in [1.29, 1.82) is 0 Å². The highest BCUT2D eigenvalue weighted by molar-refractivity contribution is 6.32. The number of aromatic nitrogens is 3. The van der Waals surface area contributed by atoms with Crippen molar-refractivity contribution in [3.63, 3.8) is 0 Å². The van der Waals surface area contributed by atoms with Crippen LogP contribution in [0.1, 0.15) is 19.0 Å². The topological polar surface area (TPSA) is 69.0 Å². The van der Waals surface area contributed by atoms with Gasteiger partial charge in [0.2, 0.25) is 0 Å². The van der Waals surface area contributed by atoms with Gasteiger partial charge in [0, 0.05) is 0 Å². The van der Waals surface area contributed by atoms with E-state index >= 15 is 0 Å². The minimum Gasteiger partial charge on any atom is -0.479 e. The van der Waals surface area contributed by atoms with Crippen molar-refractivity contribution in [2.45, 2.75) is 26.4 Å². The summed E-state index contributed by atoms with van der Waals surface area (Å²) in [5.74, 6) is 0.580. The number of hydrogen-bond acceptors (Lipinski definition) is 4. The van der Waals surface area contributed by atoms with Crippen molar-refractivity contribution in [3.05, 3.63) is 65.3 Å². The van der Waals surface area contributed by atoms with Crippen molar-refractivity contribution < 1.29 is 9.53 Å². The molecule has 26 heavy (non-hydrogen) atoms. The Morgan fingerprint density at radius 3 is 2.54 bits per heavy atom. The molecule has 6 nitrogen and oxygen atoms in total. The van der Waals surface area contributed by atoms with Gasteiger partial charge in [-0.3, -0.25) is 4.79 Å². The van der Waals surface area contributed by atoms with Gasteiger partial charge in [-0.2, -0.15) is 5.10 Å². The van der Waals surface area contributed by atoms with Crippen LogP contribution in [0.2, 0.25) is 5.02 Å². The Bertz CT molecular complexity index is 896. The van der Waals surface area contributed by atoms with Crippen LogP contribution in [0.25, 0.3) is 5.69 Å². The summed E-state index contributed by atoms with van der Waals surface area (Å²) in [5.41, 5.74) is 1.44. The number of nitrogens with one attached hydrogen (secondary N) is 1. The number of rotatable bonds is 6. The van der Waals surface area contributed by atoms with Crippen molar-refractivity contribution in [2.75, 3.05) is 5.32 Å². The average Bonchev–Trinajstić information content (AvgIpc) is 3.02. The molecule has 0 radical (unpaired) electrons. The summed E-state index contributed by atoms with van der Waals surface area (Å²) in [6.07, 6.45) is -0.195. The summed E-state index contributed by atoms with van der Waals surface area (Å²) in [6, 6.07) is 16.6. The van der Waals surface area contributed by atoms with E-state index in [-0.39, 0.29) is 5.91 Å². The monoisotopic (exact) mass is 370 g/mol. The number of ether oxygens (including phenoxy) is 1. The second-order valence-electron chi connectivity index (χ2n) is 5.69. The normalized spacial score (nSPS) is 11.8. The van der Waals surface area contributed by atoms with Gasteiger partial charge < -0.3 is 10.1 Å². The highest BCUT2D eigenvalue weighted by Crippen LogP contribution is 2.25. The first-order valence-corrected chi connectivity index (χ1v) is 8.67. The molecule has 1 atom stereocenters. The maximum Gasteiger partial charge on any atom is 0.266 e. The third kappa shape index (κ3) is 4.03. The Morgan fingerprint density at radius 2 is 1.85 bits per heavy atom. The van der Waals surface area contributed by atoms with Crippen molar-refractivity contribution in [3.8, 4) is 11.4 Å². The second-order valence-corrected chi connectivity index (χ2v) is 6.10. The molecular weight excluding hydrogens is 352 g/mol. The zero-order valence-electron chi connectivity index (χ0n) is 14.5. The van der Waals surface area contributed by atoms with Crippen molar-refractivity contribution >= 4 is 23.3 Å². The van der Waals surface area contributed by atoms with E-state index in [0.29, 0.717) is 28.7 Å². The van der Waals surface area contributed by atoms with Crippen LogP contribution in [0.3, 0.4) is 0 Å². The molecule has 1 amide bonds. The summed E-state index contributed by atoms with van der Waals surface area (Å²) in [7, 11) is 0. The van der Waals surface area contributed by atoms with E-state index in [1.165, 1.54) is 4.80 Å². The third-order valence-corrected chi connectivity index (χ3v) is 4.09. The molecule has 2 aromatic carbocycles. The quantitative estimate of drug-likeness (QED) is 0.711. The molecule has 0 fully saturated rings. The molecule has 7 heteroatoms. The molecule has 0 aliphatic heterocycles. The van der Waals surface area contributed by atoms with E-state index in [1.54, 1.807) is 25.1 Å². The van der Waals surface area contributed by atoms with E-state index in [9.17, 15) is 4.79 Å². The van der Waals surface area contributed by atoms with Gasteiger partial charge in [0.1, 0.15) is 11.4 Å². The van der Waals surface area contributed by atoms with Gasteiger partial charge in [0.15, 0.2) is 11.9 Å². The van der Waals surface area contributed by atoms with E-state index in [0.717, 1.165) is 5.69 Å². The third-order valence-electron chi connectivity index (χ3n) is 3.78. The molecule has 134 valence electrons. The molecule has 1 heterocycles. The van der Waals surface area contributed by atoms with Crippen LogP contribution in [0, 0.1) is 6.92 Å². The summed E-state index contributed by atoms with van der Waals surface area (Å²) < 4.78 is 5.76. The largest absolute Gasteiger partial charge is 0.479 e. The molecule has 0 spiro atoms. The molecule has 0 aliphatic rings. The Labute approximate surface area is 156 Å². The van der Waals surface area contributed by atoms with Gasteiger partial charge in [-0.25, -0.2) is 0 Å². The van der Waals surface area contributed by atoms with E-state index in [4.69, 9.17) is 16.3 Å². The highest BCUT2D eigenvalue weighted by Gasteiger charge is 2.22. The summed E-state index contributed by atoms with van der Waals surface area (Å²) >= 11 is 6.10. The Kier molecular flexibility index (Phi) is 5.53. The molecule has 0 saturated carbocycles. The Morgan fingerprint density at radius 1 is 1.15 bits per heavy atom. The van der Waals surface area contributed by atoms with Gasteiger partial charge in [0.25, 0.3) is 5.91 Å². The zero-order valence-corrected chi connectivity index (χ0v) is 15.3. The summed E-state index contributed by atoms with van der Waals surface area (Å²) in [5, 5.41) is 12.0. The number of amides is 1. The molecule has 1 unspecified atom stereocenters. The number of nitrogens with zero attached hydrogens (tertiary/aromatic N) is 3. The Hall–Kier alpha value is -2.86. The number of aryl methyl sites for hydroxylation is 1. The molecule has 1 N–H and O–H groups in total. The van der Waals surface area contributed by atoms with Gasteiger partial charge >= 0.3 is 0 Å². The SMILES string of the molecule is CCC(Oc1ccccc1Cl)C(=O)Nc1nn(-c2ccccc2)nc1C. The summed E-state index contributed by atoms with van der Waals surface area (Å²) in [4.78, 5) is 14.1. The van der Waals surface area contributed by atoms with Gasteiger partial charge in [-0.15, -0.1) is 9.90 Å². The van der Waals surface area contributed by atoms with Crippen LogP contribution in [0.15, 0.2) is 54.6 Å². The van der Waals surface area contributed by atoms with Crippen LogP contribution in [0.4, 0.5) is 5.82 Å². The maximum atomic E-state index is 12.6. The first kappa shape index (κ1) is 17.9. The highest BCUT2D eigenvalue weighted by atomic mass is 35.5. The molecule has 3 rings (SSSR count). The van der Waals surface area contributed by atoms with Crippen LogP contribution >= 0.6 is 11.6 Å². The standard InChI is InChI=1S/C19H19ClN4O2/c1-3-16(26-17-12-8-7-11-15(17)20)19(25)21-18-13(2)22-24(23-18)14-9-5-4-6-10-14/h4-12,16H,3H2,1-2H3,(H,21,23,25). The lowest BCUT2D eigenvalue weighted by Gasteiger charge is -2.17. The van der Waals surface area contributed by atoms with E-state index < -0.39 is 6.10 Å². The van der Waals surface area contributed by atoms with Crippen LogP contribution in [-0.2, 0) is 4.79 Å². The fourth-order valence-electron chi connectivity index (χ4n) is 2.38. The number of carbonyl (C=O) groups is 1. The number of anilines is 1. The second kappa shape index (κ2) is 8.01. The van der Waals surface area contributed by atoms with Crippen LogP contribution in [-0.4, -0.2) is 27.0 Å². The predicted molar refractivity (Wildman–Crippen MR) is 101 cm³/mol. The molecule has 0 aliphatic carbocycles. The van der Waals surface area contributed by atoms with Gasteiger partial charge in [-0.05, 0) is 37.6 Å². The van der Waals surface area contributed by atoms with Crippen LogP contribution in [0.5, 0.6) is 5.75 Å². The number of benzene rings is 2. The number of para-hydroxylation sites is 2. The first-order chi connectivity index (χ1) is 12.6. The molecular formula is C19H19ClN4O2. The minimum absolute atomic E-state index is 0.296. The van der Waals surface area contributed by atoms with Crippen molar-refractivity contribution in [2.24, 2.45) is 0 Å². The smallest absolute Gasteiger partial charge is 0.266 e. The van der Waals surface area contributed by atoms with E-state index in [1.807, 2.05) is 43.3 Å². The number of halogens is 1. The number of carbonyl (C=O) groups excluding carboxylic acids is 1. The van der Waals surface area contributed by atoms with Gasteiger partial charge in [0.05, 0.1) is 10.7 Å². The molecule has 3 aromatic rings. The number of hydrogen-bond donors (Lipinski definition) is 1. The minimum atomic E-state index is -0.684. The fourth-order valence-corrected chi connectivity index (χ4v) is 2.56. The molecule has 0 bridgehead atoms. The Balaban J connectivity index is 1.74.